The van der Waals surface area contributed by atoms with Gasteiger partial charge in [-0.3, -0.25) is 0 Å². The van der Waals surface area contributed by atoms with Crippen molar-refractivity contribution in [2.24, 2.45) is 0 Å². The first-order chi connectivity index (χ1) is 6.82. The van der Waals surface area contributed by atoms with Crippen molar-refractivity contribution in [3.05, 3.63) is 33.3 Å². The molecular weight excluding hydrogens is 248 g/mol. The van der Waals surface area contributed by atoms with E-state index >= 15 is 0 Å². The van der Waals surface area contributed by atoms with Crippen molar-refractivity contribution in [1.82, 2.24) is 0 Å². The summed E-state index contributed by atoms with van der Waals surface area (Å²) in [4.78, 5) is 0. The predicted octanol–water partition coefficient (Wildman–Crippen LogP) is 5.35. The Labute approximate surface area is 97.0 Å². The highest BCUT2D eigenvalue weighted by molar-refractivity contribution is 6.36. The molecule has 0 aromatic heterocycles. The molecule has 0 saturated carbocycles. The van der Waals surface area contributed by atoms with Gasteiger partial charge in [0.15, 0.2) is 0 Å². The van der Waals surface area contributed by atoms with E-state index in [0.29, 0.717) is 5.56 Å². The van der Waals surface area contributed by atoms with E-state index in [1.807, 2.05) is 13.8 Å². The highest BCUT2D eigenvalue weighted by atomic mass is 35.5. The third kappa shape index (κ3) is 3.92. The molecule has 0 bridgehead atoms. The standard InChI is InChI=1S/C8H5Cl2F3.C2H6/c1-4-6(9)2-5(3-7(4)10)8(11,12)13;1-2/h2-3H,1H3;1-2H3. The van der Waals surface area contributed by atoms with Gasteiger partial charge in [0.25, 0.3) is 0 Å². The second-order valence-corrected chi connectivity index (χ2v) is 3.38. The lowest BCUT2D eigenvalue weighted by atomic mass is 10.1. The number of rotatable bonds is 0. The first kappa shape index (κ1) is 14.6. The smallest absolute Gasteiger partial charge is 0.166 e. The fraction of sp³-hybridized carbons (Fsp3) is 0.400. The summed E-state index contributed by atoms with van der Waals surface area (Å²) < 4.78 is 36.5. The average Bonchev–Trinajstić information content (AvgIpc) is 2.15. The summed E-state index contributed by atoms with van der Waals surface area (Å²) in [5.74, 6) is 0. The van der Waals surface area contributed by atoms with Gasteiger partial charge >= 0.3 is 6.18 Å². The van der Waals surface area contributed by atoms with Gasteiger partial charge < -0.3 is 0 Å². The van der Waals surface area contributed by atoms with Crippen LogP contribution in [0.25, 0.3) is 0 Å². The van der Waals surface area contributed by atoms with Crippen LogP contribution < -0.4 is 0 Å². The largest absolute Gasteiger partial charge is 0.416 e. The Kier molecular flexibility index (Phi) is 5.46. The van der Waals surface area contributed by atoms with Gasteiger partial charge in [0.2, 0.25) is 0 Å². The predicted molar refractivity (Wildman–Crippen MR) is 57.5 cm³/mol. The second-order valence-electron chi connectivity index (χ2n) is 2.56. The number of alkyl halides is 3. The zero-order chi connectivity index (χ0) is 12.2. The Morgan fingerprint density at radius 1 is 1.00 bits per heavy atom. The van der Waals surface area contributed by atoms with Crippen molar-refractivity contribution in [1.29, 1.82) is 0 Å². The normalized spacial score (nSPS) is 10.7. The zero-order valence-corrected chi connectivity index (χ0v) is 10.1. The van der Waals surface area contributed by atoms with E-state index in [-0.39, 0.29) is 10.0 Å². The summed E-state index contributed by atoms with van der Waals surface area (Å²) in [7, 11) is 0. The molecule has 0 nitrogen and oxygen atoms in total. The Hall–Kier alpha value is -0.410. The third-order valence-corrected chi connectivity index (χ3v) is 2.39. The monoisotopic (exact) mass is 258 g/mol. The summed E-state index contributed by atoms with van der Waals surface area (Å²) in [6, 6.07) is 1.73. The molecule has 0 spiro atoms. The lowest BCUT2D eigenvalue weighted by molar-refractivity contribution is -0.137. The quantitative estimate of drug-likeness (QED) is 0.589. The average molecular weight is 259 g/mol. The van der Waals surface area contributed by atoms with Crippen LogP contribution in [0.4, 0.5) is 13.2 Å². The molecule has 0 atom stereocenters. The fourth-order valence-electron chi connectivity index (χ4n) is 0.809. The van der Waals surface area contributed by atoms with Gasteiger partial charge in [-0.05, 0) is 24.6 Å². The van der Waals surface area contributed by atoms with E-state index in [4.69, 9.17) is 23.2 Å². The molecule has 15 heavy (non-hydrogen) atoms. The molecule has 0 amide bonds. The van der Waals surface area contributed by atoms with Crippen molar-refractivity contribution >= 4 is 23.2 Å². The molecule has 86 valence electrons. The maximum absolute atomic E-state index is 12.2. The van der Waals surface area contributed by atoms with Crippen LogP contribution in [0.1, 0.15) is 25.0 Å². The van der Waals surface area contributed by atoms with Gasteiger partial charge in [-0.25, -0.2) is 0 Å². The van der Waals surface area contributed by atoms with Crippen LogP contribution in [-0.4, -0.2) is 0 Å². The molecule has 0 unspecified atom stereocenters. The number of hydrogen-bond acceptors (Lipinski definition) is 0. The van der Waals surface area contributed by atoms with Crippen LogP contribution in [-0.2, 0) is 6.18 Å². The van der Waals surface area contributed by atoms with Crippen molar-refractivity contribution in [2.75, 3.05) is 0 Å². The van der Waals surface area contributed by atoms with Crippen molar-refractivity contribution in [2.45, 2.75) is 26.9 Å². The maximum Gasteiger partial charge on any atom is 0.416 e. The highest BCUT2D eigenvalue weighted by Gasteiger charge is 2.31. The molecular formula is C10H11Cl2F3. The van der Waals surface area contributed by atoms with E-state index in [9.17, 15) is 13.2 Å². The van der Waals surface area contributed by atoms with Crippen LogP contribution in [0.15, 0.2) is 12.1 Å². The number of benzene rings is 1. The summed E-state index contributed by atoms with van der Waals surface area (Å²) >= 11 is 11.1. The van der Waals surface area contributed by atoms with Gasteiger partial charge in [0, 0.05) is 10.0 Å². The molecule has 0 fully saturated rings. The highest BCUT2D eigenvalue weighted by Crippen LogP contribution is 2.35. The van der Waals surface area contributed by atoms with Crippen molar-refractivity contribution in [3.8, 4) is 0 Å². The molecule has 0 aliphatic rings. The molecule has 0 N–H and O–H groups in total. The molecule has 0 heterocycles. The molecule has 0 radical (unpaired) electrons. The summed E-state index contributed by atoms with van der Waals surface area (Å²) in [5.41, 5.74) is -0.371. The first-order valence-electron chi connectivity index (χ1n) is 4.35. The van der Waals surface area contributed by atoms with E-state index in [2.05, 4.69) is 0 Å². The molecule has 5 heteroatoms. The van der Waals surface area contributed by atoms with E-state index in [1.165, 1.54) is 0 Å². The summed E-state index contributed by atoms with van der Waals surface area (Å²) in [5, 5.41) is 0.0552. The topological polar surface area (TPSA) is 0 Å². The molecule has 0 saturated heterocycles. The second kappa shape index (κ2) is 5.61. The Morgan fingerprint density at radius 3 is 1.60 bits per heavy atom. The van der Waals surface area contributed by atoms with Crippen molar-refractivity contribution < 1.29 is 13.2 Å². The maximum atomic E-state index is 12.2. The minimum absolute atomic E-state index is 0.0276. The van der Waals surface area contributed by atoms with Crippen LogP contribution in [0.2, 0.25) is 10.0 Å². The number of hydrogen-bond donors (Lipinski definition) is 0. The zero-order valence-electron chi connectivity index (χ0n) is 8.54. The molecule has 1 aromatic carbocycles. The SMILES string of the molecule is CC.Cc1c(Cl)cc(C(F)(F)F)cc1Cl. The minimum Gasteiger partial charge on any atom is -0.166 e. The van der Waals surface area contributed by atoms with Crippen LogP contribution in [0.3, 0.4) is 0 Å². The van der Waals surface area contributed by atoms with Crippen LogP contribution >= 0.6 is 23.2 Å². The Morgan fingerprint density at radius 2 is 1.33 bits per heavy atom. The van der Waals surface area contributed by atoms with Gasteiger partial charge in [-0.1, -0.05) is 37.0 Å². The van der Waals surface area contributed by atoms with E-state index in [1.54, 1.807) is 6.92 Å². The van der Waals surface area contributed by atoms with Gasteiger partial charge in [-0.15, -0.1) is 0 Å². The van der Waals surface area contributed by atoms with Gasteiger partial charge in [0.1, 0.15) is 0 Å². The minimum atomic E-state index is -4.40. The van der Waals surface area contributed by atoms with Crippen molar-refractivity contribution in [3.63, 3.8) is 0 Å². The van der Waals surface area contributed by atoms with E-state index < -0.39 is 11.7 Å². The third-order valence-electron chi connectivity index (χ3n) is 1.61. The van der Waals surface area contributed by atoms with Gasteiger partial charge in [-0.2, -0.15) is 13.2 Å². The van der Waals surface area contributed by atoms with Crippen LogP contribution in [0.5, 0.6) is 0 Å². The fourth-order valence-corrected chi connectivity index (χ4v) is 1.30. The Bertz CT molecular complexity index is 309. The molecule has 1 rings (SSSR count). The van der Waals surface area contributed by atoms with Gasteiger partial charge in [0.05, 0.1) is 5.56 Å². The lowest BCUT2D eigenvalue weighted by Gasteiger charge is -2.09. The number of halogens is 5. The molecule has 0 aliphatic heterocycles. The summed E-state index contributed by atoms with van der Waals surface area (Å²) in [6.07, 6.45) is -4.40. The van der Waals surface area contributed by atoms with E-state index in [0.717, 1.165) is 12.1 Å². The Balaban J connectivity index is 0.000000921. The molecule has 1 aromatic rings. The summed E-state index contributed by atoms with van der Waals surface area (Å²) in [6.45, 7) is 5.56. The van der Waals surface area contributed by atoms with Crippen LogP contribution in [0, 0.1) is 6.92 Å². The molecule has 0 aliphatic carbocycles. The first-order valence-corrected chi connectivity index (χ1v) is 5.11. The lowest BCUT2D eigenvalue weighted by Crippen LogP contribution is -2.05.